The molecule has 0 saturated heterocycles. The van der Waals surface area contributed by atoms with Crippen LogP contribution in [0.15, 0.2) is 30.3 Å². The number of nitrogen functional groups attached to an aromatic ring is 1. The summed E-state index contributed by atoms with van der Waals surface area (Å²) >= 11 is 0. The fourth-order valence-electron chi connectivity index (χ4n) is 1.83. The zero-order chi connectivity index (χ0) is 15.6. The van der Waals surface area contributed by atoms with E-state index in [0.29, 0.717) is 11.3 Å². The fourth-order valence-corrected chi connectivity index (χ4v) is 1.83. The average Bonchev–Trinajstić information content (AvgIpc) is 2.33. The van der Waals surface area contributed by atoms with Crippen LogP contribution >= 0.6 is 0 Å². The van der Waals surface area contributed by atoms with Gasteiger partial charge in [-0.1, -0.05) is 0 Å². The lowest BCUT2D eigenvalue weighted by Crippen LogP contribution is -2.06. The van der Waals surface area contributed by atoms with Gasteiger partial charge < -0.3 is 15.8 Å². The molecule has 7 heteroatoms. The third-order valence-corrected chi connectivity index (χ3v) is 2.64. The standard InChI is InChI=1S/C14H12F4N2O/c1-7-2-8(15)4-9(3-7)20-12-6-13(21-14(17)18)10(16)5-11(12)19/h2-6,14,20H,19H2,1H3. The van der Waals surface area contributed by atoms with Crippen LogP contribution < -0.4 is 15.8 Å². The van der Waals surface area contributed by atoms with Crippen molar-refractivity contribution in [2.75, 3.05) is 11.1 Å². The molecule has 0 aliphatic heterocycles. The average molecular weight is 300 g/mol. The van der Waals surface area contributed by atoms with Gasteiger partial charge in [0.05, 0.1) is 11.4 Å². The number of rotatable bonds is 4. The zero-order valence-electron chi connectivity index (χ0n) is 11.0. The maximum absolute atomic E-state index is 13.4. The molecule has 0 aliphatic carbocycles. The predicted molar refractivity (Wildman–Crippen MR) is 71.9 cm³/mol. The quantitative estimate of drug-likeness (QED) is 0.657. The number of benzene rings is 2. The Bertz CT molecular complexity index is 641. The number of aryl methyl sites for hydroxylation is 1. The van der Waals surface area contributed by atoms with Crippen molar-refractivity contribution < 1.29 is 22.3 Å². The van der Waals surface area contributed by atoms with Gasteiger partial charge in [0.1, 0.15) is 5.82 Å². The Morgan fingerprint density at radius 3 is 2.43 bits per heavy atom. The third kappa shape index (κ3) is 3.77. The molecule has 0 saturated carbocycles. The van der Waals surface area contributed by atoms with Crippen LogP contribution in [0.3, 0.4) is 0 Å². The van der Waals surface area contributed by atoms with E-state index in [1.165, 1.54) is 12.1 Å². The number of alkyl halides is 2. The number of ether oxygens (including phenoxy) is 1. The highest BCUT2D eigenvalue weighted by atomic mass is 19.3. The van der Waals surface area contributed by atoms with Gasteiger partial charge in [-0.3, -0.25) is 0 Å². The number of hydrogen-bond donors (Lipinski definition) is 2. The van der Waals surface area contributed by atoms with Crippen LogP contribution in [0.2, 0.25) is 0 Å². The summed E-state index contributed by atoms with van der Waals surface area (Å²) in [5, 5.41) is 2.74. The summed E-state index contributed by atoms with van der Waals surface area (Å²) < 4.78 is 55.1. The van der Waals surface area contributed by atoms with Gasteiger partial charge in [-0.15, -0.1) is 0 Å². The molecule has 112 valence electrons. The van der Waals surface area contributed by atoms with E-state index in [2.05, 4.69) is 10.1 Å². The Labute approximate surface area is 118 Å². The Hall–Kier alpha value is -2.44. The fraction of sp³-hybridized carbons (Fsp3) is 0.143. The second kappa shape index (κ2) is 5.90. The summed E-state index contributed by atoms with van der Waals surface area (Å²) in [6.07, 6.45) is 0. The van der Waals surface area contributed by atoms with Crippen molar-refractivity contribution in [2.45, 2.75) is 13.5 Å². The van der Waals surface area contributed by atoms with Crippen molar-refractivity contribution >= 4 is 17.1 Å². The summed E-state index contributed by atoms with van der Waals surface area (Å²) in [6, 6.07) is 6.00. The molecular formula is C14H12F4N2O. The van der Waals surface area contributed by atoms with E-state index in [9.17, 15) is 17.6 Å². The van der Waals surface area contributed by atoms with Crippen molar-refractivity contribution in [3.05, 3.63) is 47.5 Å². The lowest BCUT2D eigenvalue weighted by atomic mass is 10.2. The zero-order valence-corrected chi connectivity index (χ0v) is 11.0. The summed E-state index contributed by atoms with van der Waals surface area (Å²) in [5.74, 6) is -2.12. The molecule has 3 nitrogen and oxygen atoms in total. The molecule has 0 spiro atoms. The maximum atomic E-state index is 13.4. The van der Waals surface area contributed by atoms with Crippen molar-refractivity contribution in [1.29, 1.82) is 0 Å². The predicted octanol–water partition coefficient (Wildman–Crippen LogP) is 4.20. The van der Waals surface area contributed by atoms with E-state index in [0.717, 1.165) is 12.1 Å². The Balaban J connectivity index is 2.34. The highest BCUT2D eigenvalue weighted by molar-refractivity contribution is 5.74. The monoisotopic (exact) mass is 300 g/mol. The largest absolute Gasteiger partial charge is 0.432 e. The number of nitrogens with two attached hydrogens (primary N) is 1. The minimum absolute atomic E-state index is 0.0176. The molecule has 3 N–H and O–H groups in total. The van der Waals surface area contributed by atoms with Crippen LogP contribution in [0, 0.1) is 18.6 Å². The molecule has 2 aromatic rings. The van der Waals surface area contributed by atoms with Crippen molar-refractivity contribution in [3.8, 4) is 5.75 Å². The summed E-state index contributed by atoms with van der Waals surface area (Å²) in [4.78, 5) is 0. The Morgan fingerprint density at radius 1 is 1.10 bits per heavy atom. The van der Waals surface area contributed by atoms with Crippen molar-refractivity contribution in [1.82, 2.24) is 0 Å². The van der Waals surface area contributed by atoms with E-state index < -0.39 is 24.0 Å². The van der Waals surface area contributed by atoms with Gasteiger partial charge in [0.15, 0.2) is 11.6 Å². The van der Waals surface area contributed by atoms with Gasteiger partial charge in [0.25, 0.3) is 0 Å². The van der Waals surface area contributed by atoms with Gasteiger partial charge in [-0.05, 0) is 30.7 Å². The lowest BCUT2D eigenvalue weighted by Gasteiger charge is -2.13. The van der Waals surface area contributed by atoms with Gasteiger partial charge in [0, 0.05) is 17.8 Å². The van der Waals surface area contributed by atoms with Crippen LogP contribution in [0.25, 0.3) is 0 Å². The molecule has 0 aromatic heterocycles. The summed E-state index contributed by atoms with van der Waals surface area (Å²) in [5.41, 5.74) is 6.73. The van der Waals surface area contributed by atoms with Crippen molar-refractivity contribution in [2.24, 2.45) is 0 Å². The summed E-state index contributed by atoms with van der Waals surface area (Å²) in [7, 11) is 0. The third-order valence-electron chi connectivity index (χ3n) is 2.64. The second-order valence-corrected chi connectivity index (χ2v) is 4.39. The Kier molecular flexibility index (Phi) is 4.21. The first-order valence-electron chi connectivity index (χ1n) is 5.93. The molecule has 0 heterocycles. The van der Waals surface area contributed by atoms with E-state index in [1.54, 1.807) is 13.0 Å². The van der Waals surface area contributed by atoms with E-state index >= 15 is 0 Å². The number of nitrogens with one attached hydrogen (secondary N) is 1. The highest BCUT2D eigenvalue weighted by Gasteiger charge is 2.13. The molecule has 21 heavy (non-hydrogen) atoms. The van der Waals surface area contributed by atoms with Crippen molar-refractivity contribution in [3.63, 3.8) is 0 Å². The molecule has 0 fully saturated rings. The van der Waals surface area contributed by atoms with Crippen LogP contribution in [-0.2, 0) is 0 Å². The SMILES string of the molecule is Cc1cc(F)cc(Nc2cc(OC(F)F)c(F)cc2N)c1. The topological polar surface area (TPSA) is 47.3 Å². The number of anilines is 3. The molecule has 0 amide bonds. The molecule has 0 aliphatic rings. The molecule has 0 unspecified atom stereocenters. The van der Waals surface area contributed by atoms with Gasteiger partial charge >= 0.3 is 6.61 Å². The molecular weight excluding hydrogens is 288 g/mol. The highest BCUT2D eigenvalue weighted by Crippen LogP contribution is 2.31. The van der Waals surface area contributed by atoms with Gasteiger partial charge in [-0.25, -0.2) is 8.78 Å². The molecule has 0 atom stereocenters. The normalized spacial score (nSPS) is 10.8. The Morgan fingerprint density at radius 2 is 1.81 bits per heavy atom. The summed E-state index contributed by atoms with van der Waals surface area (Å²) in [6.45, 7) is -1.47. The van der Waals surface area contributed by atoms with Crippen LogP contribution in [-0.4, -0.2) is 6.61 Å². The molecule has 0 bridgehead atoms. The maximum Gasteiger partial charge on any atom is 0.387 e. The number of hydrogen-bond acceptors (Lipinski definition) is 3. The first-order valence-corrected chi connectivity index (χ1v) is 5.93. The van der Waals surface area contributed by atoms with Crippen LogP contribution in [0.1, 0.15) is 5.56 Å². The first kappa shape index (κ1) is 15.0. The first-order chi connectivity index (χ1) is 9.85. The second-order valence-electron chi connectivity index (χ2n) is 4.39. The minimum Gasteiger partial charge on any atom is -0.432 e. The van der Waals surface area contributed by atoms with Gasteiger partial charge in [-0.2, -0.15) is 8.78 Å². The van der Waals surface area contributed by atoms with Gasteiger partial charge in [0.2, 0.25) is 0 Å². The molecule has 2 aromatic carbocycles. The van der Waals surface area contributed by atoms with E-state index in [1.807, 2.05) is 0 Å². The lowest BCUT2D eigenvalue weighted by molar-refractivity contribution is -0.0521. The van der Waals surface area contributed by atoms with E-state index in [4.69, 9.17) is 5.73 Å². The van der Waals surface area contributed by atoms with Crippen LogP contribution in [0.4, 0.5) is 34.6 Å². The molecule has 0 radical (unpaired) electrons. The molecule has 2 rings (SSSR count). The number of halogens is 4. The minimum atomic E-state index is -3.16. The van der Waals surface area contributed by atoms with Crippen LogP contribution in [0.5, 0.6) is 5.75 Å². The van der Waals surface area contributed by atoms with E-state index in [-0.39, 0.29) is 11.4 Å². The smallest absolute Gasteiger partial charge is 0.387 e.